The third-order valence-corrected chi connectivity index (χ3v) is 5.54. The van der Waals surface area contributed by atoms with Gasteiger partial charge in [0, 0.05) is 12.2 Å². The molecule has 3 amide bonds. The Kier molecular flexibility index (Phi) is 9.81. The summed E-state index contributed by atoms with van der Waals surface area (Å²) in [6.45, 7) is 3.95. The SMILES string of the molecule is COc1ccc(CNC(=O)C(=O)N/N=C\c2ccc(OCC(=O)Nc3ccc(C)c(C)c3)c(OC)c2)cc1. The van der Waals surface area contributed by atoms with E-state index in [4.69, 9.17) is 14.2 Å². The van der Waals surface area contributed by atoms with Gasteiger partial charge in [-0.15, -0.1) is 0 Å². The van der Waals surface area contributed by atoms with Gasteiger partial charge in [-0.1, -0.05) is 18.2 Å². The Morgan fingerprint density at radius 3 is 2.29 bits per heavy atom. The maximum Gasteiger partial charge on any atom is 0.329 e. The molecule has 0 unspecified atom stereocenters. The Hall–Kier alpha value is -4.86. The van der Waals surface area contributed by atoms with Crippen LogP contribution in [0.5, 0.6) is 17.2 Å². The predicted octanol–water partition coefficient (Wildman–Crippen LogP) is 3.10. The van der Waals surface area contributed by atoms with Crippen LogP contribution in [0.25, 0.3) is 0 Å². The molecule has 0 radical (unpaired) electrons. The molecule has 0 bridgehead atoms. The average molecular weight is 519 g/mol. The Labute approximate surface area is 221 Å². The first-order valence-corrected chi connectivity index (χ1v) is 11.7. The first kappa shape index (κ1) is 27.7. The minimum Gasteiger partial charge on any atom is -0.497 e. The molecule has 0 aliphatic rings. The number of rotatable bonds is 10. The summed E-state index contributed by atoms with van der Waals surface area (Å²) in [6.07, 6.45) is 1.35. The summed E-state index contributed by atoms with van der Waals surface area (Å²) in [5.41, 5.74) is 6.48. The number of aryl methyl sites for hydroxylation is 2. The van der Waals surface area contributed by atoms with Gasteiger partial charge in [-0.2, -0.15) is 5.10 Å². The van der Waals surface area contributed by atoms with Crippen LogP contribution in [0.1, 0.15) is 22.3 Å². The van der Waals surface area contributed by atoms with Gasteiger partial charge in [-0.3, -0.25) is 14.4 Å². The summed E-state index contributed by atoms with van der Waals surface area (Å²) in [4.78, 5) is 36.3. The van der Waals surface area contributed by atoms with E-state index in [0.29, 0.717) is 28.5 Å². The minimum absolute atomic E-state index is 0.182. The molecule has 0 spiro atoms. The van der Waals surface area contributed by atoms with Crippen molar-refractivity contribution in [1.29, 1.82) is 0 Å². The van der Waals surface area contributed by atoms with Crippen LogP contribution >= 0.6 is 0 Å². The highest BCUT2D eigenvalue weighted by Gasteiger charge is 2.13. The first-order valence-electron chi connectivity index (χ1n) is 11.7. The molecular formula is C28H30N4O6. The number of hydrazone groups is 1. The lowest BCUT2D eigenvalue weighted by molar-refractivity contribution is -0.139. The van der Waals surface area contributed by atoms with Crippen molar-refractivity contribution in [2.45, 2.75) is 20.4 Å². The molecular weight excluding hydrogens is 488 g/mol. The summed E-state index contributed by atoms with van der Waals surface area (Å²) >= 11 is 0. The Morgan fingerprint density at radius 1 is 0.842 bits per heavy atom. The summed E-state index contributed by atoms with van der Waals surface area (Å²) in [5, 5.41) is 9.13. The summed E-state index contributed by atoms with van der Waals surface area (Å²) in [5.74, 6) is -0.607. The molecule has 3 aromatic rings. The van der Waals surface area contributed by atoms with E-state index >= 15 is 0 Å². The van der Waals surface area contributed by atoms with Crippen molar-refractivity contribution >= 4 is 29.6 Å². The number of hydrogen-bond donors (Lipinski definition) is 3. The third-order valence-electron chi connectivity index (χ3n) is 5.54. The summed E-state index contributed by atoms with van der Waals surface area (Å²) < 4.78 is 16.0. The van der Waals surface area contributed by atoms with Crippen LogP contribution in [0.15, 0.2) is 65.8 Å². The van der Waals surface area contributed by atoms with Crippen LogP contribution < -0.4 is 30.3 Å². The highest BCUT2D eigenvalue weighted by molar-refractivity contribution is 6.35. The van der Waals surface area contributed by atoms with Gasteiger partial charge in [0.15, 0.2) is 18.1 Å². The van der Waals surface area contributed by atoms with Crippen molar-refractivity contribution in [1.82, 2.24) is 10.7 Å². The second-order valence-electron chi connectivity index (χ2n) is 8.28. The largest absolute Gasteiger partial charge is 0.497 e. The Balaban J connectivity index is 1.48. The lowest BCUT2D eigenvalue weighted by Gasteiger charge is -2.12. The molecule has 0 aromatic heterocycles. The maximum atomic E-state index is 12.3. The molecule has 0 aliphatic carbocycles. The van der Waals surface area contributed by atoms with E-state index in [-0.39, 0.29) is 19.1 Å². The van der Waals surface area contributed by atoms with Crippen molar-refractivity contribution in [2.24, 2.45) is 5.10 Å². The molecule has 3 aromatic carbocycles. The van der Waals surface area contributed by atoms with Crippen molar-refractivity contribution in [2.75, 3.05) is 26.1 Å². The van der Waals surface area contributed by atoms with Crippen LogP contribution in [-0.4, -0.2) is 44.8 Å². The highest BCUT2D eigenvalue weighted by Crippen LogP contribution is 2.27. The molecule has 0 heterocycles. The van der Waals surface area contributed by atoms with Crippen LogP contribution in [0.4, 0.5) is 5.69 Å². The third kappa shape index (κ3) is 8.09. The Morgan fingerprint density at radius 2 is 1.61 bits per heavy atom. The fraction of sp³-hybridized carbons (Fsp3) is 0.214. The van der Waals surface area contributed by atoms with Crippen LogP contribution in [0.2, 0.25) is 0 Å². The number of nitrogens with zero attached hydrogens (tertiary/aromatic N) is 1. The van der Waals surface area contributed by atoms with Gasteiger partial charge in [0.25, 0.3) is 5.91 Å². The molecule has 10 nitrogen and oxygen atoms in total. The van der Waals surface area contributed by atoms with E-state index in [1.807, 2.05) is 32.0 Å². The molecule has 198 valence electrons. The molecule has 3 rings (SSSR count). The standard InChI is InChI=1S/C28H30N4O6/c1-18-5-9-22(13-19(18)2)31-26(33)17-38-24-12-8-21(14-25(24)37-4)16-30-32-28(35)27(34)29-15-20-6-10-23(36-3)11-7-20/h5-14,16H,15,17H2,1-4H3,(H,29,34)(H,31,33)(H,32,35)/b30-16-. The molecule has 10 heteroatoms. The van der Waals surface area contributed by atoms with Crippen molar-refractivity contribution in [3.05, 3.63) is 82.9 Å². The summed E-state index contributed by atoms with van der Waals surface area (Å²) in [7, 11) is 3.03. The molecule has 0 saturated heterocycles. The van der Waals surface area contributed by atoms with Gasteiger partial charge in [0.1, 0.15) is 5.75 Å². The highest BCUT2D eigenvalue weighted by atomic mass is 16.5. The zero-order valence-corrected chi connectivity index (χ0v) is 21.7. The van der Waals surface area contributed by atoms with E-state index in [1.165, 1.54) is 13.3 Å². The number of anilines is 1. The number of carbonyl (C=O) groups excluding carboxylic acids is 3. The number of benzene rings is 3. The van der Waals surface area contributed by atoms with Crippen molar-refractivity contribution < 1.29 is 28.6 Å². The fourth-order valence-electron chi connectivity index (χ4n) is 3.27. The van der Waals surface area contributed by atoms with Crippen molar-refractivity contribution in [3.8, 4) is 17.2 Å². The van der Waals surface area contributed by atoms with Gasteiger partial charge < -0.3 is 24.8 Å². The number of hydrogen-bond acceptors (Lipinski definition) is 7. The second kappa shape index (κ2) is 13.4. The normalized spacial score (nSPS) is 10.5. The molecule has 0 aliphatic heterocycles. The number of nitrogens with one attached hydrogen (secondary N) is 3. The van der Waals surface area contributed by atoms with E-state index < -0.39 is 11.8 Å². The van der Waals surface area contributed by atoms with E-state index in [1.54, 1.807) is 49.6 Å². The van der Waals surface area contributed by atoms with Gasteiger partial charge in [-0.05, 0) is 78.6 Å². The topological polar surface area (TPSA) is 127 Å². The predicted molar refractivity (Wildman–Crippen MR) is 144 cm³/mol. The number of carbonyl (C=O) groups is 3. The molecule has 0 atom stereocenters. The average Bonchev–Trinajstić information content (AvgIpc) is 2.93. The Bertz CT molecular complexity index is 1320. The monoisotopic (exact) mass is 518 g/mol. The second-order valence-corrected chi connectivity index (χ2v) is 8.28. The maximum absolute atomic E-state index is 12.3. The molecule has 3 N–H and O–H groups in total. The minimum atomic E-state index is -0.906. The number of methoxy groups -OCH3 is 2. The molecule has 0 fully saturated rings. The van der Waals surface area contributed by atoms with E-state index in [2.05, 4.69) is 21.2 Å². The van der Waals surface area contributed by atoms with E-state index in [9.17, 15) is 14.4 Å². The van der Waals surface area contributed by atoms with Crippen LogP contribution in [0, 0.1) is 13.8 Å². The smallest absolute Gasteiger partial charge is 0.329 e. The van der Waals surface area contributed by atoms with Gasteiger partial charge in [-0.25, -0.2) is 5.43 Å². The van der Waals surface area contributed by atoms with E-state index in [0.717, 1.165) is 16.7 Å². The lowest BCUT2D eigenvalue weighted by Crippen LogP contribution is -2.37. The zero-order chi connectivity index (χ0) is 27.5. The van der Waals surface area contributed by atoms with Crippen LogP contribution in [0.3, 0.4) is 0 Å². The van der Waals surface area contributed by atoms with Crippen LogP contribution in [-0.2, 0) is 20.9 Å². The van der Waals surface area contributed by atoms with Gasteiger partial charge >= 0.3 is 11.8 Å². The molecule has 0 saturated carbocycles. The van der Waals surface area contributed by atoms with Gasteiger partial charge in [0.2, 0.25) is 0 Å². The number of amides is 3. The fourth-order valence-corrected chi connectivity index (χ4v) is 3.27. The van der Waals surface area contributed by atoms with Crippen molar-refractivity contribution in [3.63, 3.8) is 0 Å². The zero-order valence-electron chi connectivity index (χ0n) is 21.7. The quantitative estimate of drug-likeness (QED) is 0.215. The molecule has 38 heavy (non-hydrogen) atoms. The summed E-state index contributed by atoms with van der Waals surface area (Å²) in [6, 6.07) is 17.7. The lowest BCUT2D eigenvalue weighted by atomic mass is 10.1. The number of ether oxygens (including phenoxy) is 3. The van der Waals surface area contributed by atoms with Gasteiger partial charge in [0.05, 0.1) is 20.4 Å². The first-order chi connectivity index (χ1) is 18.3.